The first kappa shape index (κ1) is 18.0. The van der Waals surface area contributed by atoms with Crippen LogP contribution in [0.3, 0.4) is 0 Å². The van der Waals surface area contributed by atoms with Gasteiger partial charge in [-0.1, -0.05) is 36.1 Å². The average Bonchev–Trinajstić information content (AvgIpc) is 2.75. The maximum Gasteiger partial charge on any atom is 0.266 e. The summed E-state index contributed by atoms with van der Waals surface area (Å²) < 4.78 is 13.4. The molecule has 0 spiro atoms. The lowest BCUT2D eigenvalue weighted by molar-refractivity contribution is -0.310. The van der Waals surface area contributed by atoms with E-state index in [4.69, 9.17) is 12.2 Å². The van der Waals surface area contributed by atoms with E-state index in [-0.39, 0.29) is 15.6 Å². The van der Waals surface area contributed by atoms with Crippen LogP contribution in [0.4, 0.5) is 4.39 Å². The summed E-state index contributed by atoms with van der Waals surface area (Å²) in [5.74, 6) is -1.66. The van der Waals surface area contributed by atoms with Gasteiger partial charge >= 0.3 is 0 Å². The van der Waals surface area contributed by atoms with Gasteiger partial charge in [-0.3, -0.25) is 9.69 Å². The Hall–Kier alpha value is -1.38. The van der Waals surface area contributed by atoms with Gasteiger partial charge < -0.3 is 9.90 Å². The van der Waals surface area contributed by atoms with Crippen LogP contribution < -0.4 is 5.11 Å². The second-order valence-corrected chi connectivity index (χ2v) is 7.38. The minimum atomic E-state index is -1.33. The number of carboxylic acids is 1. The van der Waals surface area contributed by atoms with Crippen LogP contribution >= 0.6 is 35.7 Å². The lowest BCUT2D eigenvalue weighted by Crippen LogP contribution is -2.50. The summed E-state index contributed by atoms with van der Waals surface area (Å²) in [6, 6.07) is 4.69. The number of amides is 1. The molecule has 1 aromatic rings. The number of carbonyl (C=O) groups excluding carboxylic acids is 2. The van der Waals surface area contributed by atoms with Gasteiger partial charge in [-0.2, -0.15) is 11.8 Å². The van der Waals surface area contributed by atoms with Crippen molar-refractivity contribution >= 4 is 58.0 Å². The highest BCUT2D eigenvalue weighted by Gasteiger charge is 2.37. The van der Waals surface area contributed by atoms with E-state index in [9.17, 15) is 19.1 Å². The molecule has 23 heavy (non-hydrogen) atoms. The SMILES string of the molecule is CSCC[C@@H](C(=O)[O-])N1C(=O)/C(=C\c2cccc(F)c2)SC1=S. The zero-order chi connectivity index (χ0) is 17.0. The summed E-state index contributed by atoms with van der Waals surface area (Å²) in [7, 11) is 0. The molecule has 0 bridgehead atoms. The molecule has 0 aromatic heterocycles. The second kappa shape index (κ2) is 7.94. The third-order valence-electron chi connectivity index (χ3n) is 3.15. The van der Waals surface area contributed by atoms with Crippen molar-refractivity contribution in [2.45, 2.75) is 12.5 Å². The number of thiocarbonyl (C=S) groups is 1. The molecular weight excluding hydrogens is 357 g/mol. The molecule has 0 saturated carbocycles. The number of aliphatic carboxylic acids is 1. The van der Waals surface area contributed by atoms with Crippen LogP contribution in [0.5, 0.6) is 0 Å². The molecule has 0 aliphatic carbocycles. The van der Waals surface area contributed by atoms with Gasteiger partial charge in [0.25, 0.3) is 5.91 Å². The predicted molar refractivity (Wildman–Crippen MR) is 93.2 cm³/mol. The van der Waals surface area contributed by atoms with Gasteiger partial charge in [0.2, 0.25) is 0 Å². The van der Waals surface area contributed by atoms with Crippen LogP contribution in [0, 0.1) is 5.82 Å². The molecule has 4 nitrogen and oxygen atoms in total. The quantitative estimate of drug-likeness (QED) is 0.563. The molecule has 122 valence electrons. The number of carbonyl (C=O) groups is 2. The number of thioether (sulfide) groups is 2. The number of carboxylic acid groups (broad SMARTS) is 1. The van der Waals surface area contributed by atoms with E-state index in [0.29, 0.717) is 11.3 Å². The molecule has 1 atom stereocenters. The highest BCUT2D eigenvalue weighted by Crippen LogP contribution is 2.34. The molecular formula is C15H13FNO3S3-. The van der Waals surface area contributed by atoms with Gasteiger partial charge in [-0.05, 0) is 42.2 Å². The fourth-order valence-corrected chi connectivity index (χ4v) is 3.89. The van der Waals surface area contributed by atoms with Crippen molar-refractivity contribution in [2.24, 2.45) is 0 Å². The molecule has 1 aromatic carbocycles. The van der Waals surface area contributed by atoms with E-state index in [2.05, 4.69) is 0 Å². The van der Waals surface area contributed by atoms with E-state index >= 15 is 0 Å². The fourth-order valence-electron chi connectivity index (χ4n) is 2.08. The molecule has 1 fully saturated rings. The standard InChI is InChI=1S/C15H14FNO3S3/c1-22-6-5-11(14(19)20)17-13(18)12(23-15(17)21)8-9-3-2-4-10(16)7-9/h2-4,7-8,11H,5-6H2,1H3,(H,19,20)/p-1/b12-8+/t11-/m0/s1. The van der Waals surface area contributed by atoms with Gasteiger partial charge in [0, 0.05) is 0 Å². The first-order valence-corrected chi connectivity index (χ1v) is 9.28. The monoisotopic (exact) mass is 370 g/mol. The molecule has 1 amide bonds. The van der Waals surface area contributed by atoms with E-state index in [1.165, 1.54) is 36.0 Å². The zero-order valence-electron chi connectivity index (χ0n) is 12.2. The van der Waals surface area contributed by atoms with Crippen LogP contribution in [-0.2, 0) is 9.59 Å². The molecule has 0 unspecified atom stereocenters. The lowest BCUT2D eigenvalue weighted by Gasteiger charge is -2.27. The van der Waals surface area contributed by atoms with Crippen molar-refractivity contribution in [2.75, 3.05) is 12.0 Å². The molecule has 2 rings (SSSR count). The Labute approximate surface area is 147 Å². The smallest absolute Gasteiger partial charge is 0.266 e. The Bertz CT molecular complexity index is 678. The summed E-state index contributed by atoms with van der Waals surface area (Å²) in [4.78, 5) is 25.2. The highest BCUT2D eigenvalue weighted by molar-refractivity contribution is 8.26. The Balaban J connectivity index is 2.26. The van der Waals surface area contributed by atoms with Crippen molar-refractivity contribution in [3.8, 4) is 0 Å². The van der Waals surface area contributed by atoms with Gasteiger partial charge in [-0.15, -0.1) is 0 Å². The molecule has 1 aliphatic heterocycles. The van der Waals surface area contributed by atoms with Crippen LogP contribution in [0.25, 0.3) is 6.08 Å². The molecule has 1 aliphatic rings. The average molecular weight is 370 g/mol. The second-order valence-electron chi connectivity index (χ2n) is 4.72. The van der Waals surface area contributed by atoms with Crippen LogP contribution in [0.1, 0.15) is 12.0 Å². The molecule has 1 saturated heterocycles. The number of hydrogen-bond donors (Lipinski definition) is 0. The van der Waals surface area contributed by atoms with Crippen LogP contribution in [-0.4, -0.2) is 39.1 Å². The maximum atomic E-state index is 13.2. The fraction of sp³-hybridized carbons (Fsp3) is 0.267. The predicted octanol–water partition coefficient (Wildman–Crippen LogP) is 1.90. The number of benzene rings is 1. The Morgan fingerprint density at radius 2 is 2.30 bits per heavy atom. The minimum Gasteiger partial charge on any atom is -0.548 e. The number of nitrogens with zero attached hydrogens (tertiary/aromatic N) is 1. The van der Waals surface area contributed by atoms with E-state index in [0.717, 1.165) is 16.7 Å². The summed E-state index contributed by atoms with van der Waals surface area (Å²) in [5, 5.41) is 11.3. The van der Waals surface area contributed by atoms with Gasteiger partial charge in [0.1, 0.15) is 10.1 Å². The Morgan fingerprint density at radius 1 is 1.57 bits per heavy atom. The first-order chi connectivity index (χ1) is 10.9. The van der Waals surface area contributed by atoms with E-state index in [1.807, 2.05) is 6.26 Å². The summed E-state index contributed by atoms with van der Waals surface area (Å²) in [5.41, 5.74) is 0.514. The third kappa shape index (κ3) is 4.33. The van der Waals surface area contributed by atoms with Crippen molar-refractivity contribution in [1.82, 2.24) is 4.90 Å². The first-order valence-electron chi connectivity index (χ1n) is 6.66. The van der Waals surface area contributed by atoms with Gasteiger partial charge in [-0.25, -0.2) is 4.39 Å². The van der Waals surface area contributed by atoms with Crippen LogP contribution in [0.15, 0.2) is 29.2 Å². The van der Waals surface area contributed by atoms with Gasteiger partial charge in [0.05, 0.1) is 16.9 Å². The van der Waals surface area contributed by atoms with Crippen molar-refractivity contribution < 1.29 is 19.1 Å². The summed E-state index contributed by atoms with van der Waals surface area (Å²) in [6.07, 6.45) is 3.60. The number of halogens is 1. The number of hydrogen-bond acceptors (Lipinski definition) is 6. The topological polar surface area (TPSA) is 60.4 Å². The normalized spacial score (nSPS) is 17.8. The Kier molecular flexibility index (Phi) is 6.20. The number of rotatable bonds is 6. The minimum absolute atomic E-state index is 0.174. The maximum absolute atomic E-state index is 13.2. The summed E-state index contributed by atoms with van der Waals surface area (Å²) in [6.45, 7) is 0. The van der Waals surface area contributed by atoms with Crippen molar-refractivity contribution in [3.05, 3.63) is 40.6 Å². The van der Waals surface area contributed by atoms with Crippen LogP contribution in [0.2, 0.25) is 0 Å². The van der Waals surface area contributed by atoms with E-state index < -0.39 is 23.7 Å². The highest BCUT2D eigenvalue weighted by atomic mass is 32.2. The van der Waals surface area contributed by atoms with Gasteiger partial charge in [0.15, 0.2) is 0 Å². The third-order valence-corrected chi connectivity index (χ3v) is 5.12. The zero-order valence-corrected chi connectivity index (χ0v) is 14.6. The van der Waals surface area contributed by atoms with Crippen molar-refractivity contribution in [1.29, 1.82) is 0 Å². The molecule has 0 radical (unpaired) electrons. The molecule has 8 heteroatoms. The molecule has 0 N–H and O–H groups in total. The lowest BCUT2D eigenvalue weighted by atomic mass is 10.1. The largest absolute Gasteiger partial charge is 0.548 e. The van der Waals surface area contributed by atoms with E-state index in [1.54, 1.807) is 6.07 Å². The molecule has 1 heterocycles. The van der Waals surface area contributed by atoms with Crippen molar-refractivity contribution in [3.63, 3.8) is 0 Å². The Morgan fingerprint density at radius 3 is 2.91 bits per heavy atom. The summed E-state index contributed by atoms with van der Waals surface area (Å²) >= 11 is 7.63.